The lowest BCUT2D eigenvalue weighted by Crippen LogP contribution is -2.48. The fourth-order valence-electron chi connectivity index (χ4n) is 2.10. The average molecular weight is 302 g/mol. The number of carbonyl (C=O) groups is 2. The number of amides is 2. The summed E-state index contributed by atoms with van der Waals surface area (Å²) >= 11 is 0. The lowest BCUT2D eigenvalue weighted by atomic mass is 9.69. The summed E-state index contributed by atoms with van der Waals surface area (Å²) in [6, 6.07) is -0.0525. The molecule has 0 radical (unpaired) electrons. The van der Waals surface area contributed by atoms with Crippen molar-refractivity contribution in [3.05, 3.63) is 29.6 Å². The van der Waals surface area contributed by atoms with Crippen LogP contribution in [0.15, 0.2) is 12.1 Å². The molecular weight excluding hydrogens is 289 g/mol. The molecule has 0 aromatic heterocycles. The number of aliphatic carboxylic acids is 1. The Balaban J connectivity index is 1.96. The standard InChI is InChI=1S/C13H13F3N2O3/c14-7-4-9(16)10(5-8(7)15)18-12(21)17-6-13(11(19)20)2-1-3-13/h4-5H,1-3,6H2,(H,19,20)(H2,17,18,21). The van der Waals surface area contributed by atoms with E-state index in [0.717, 1.165) is 6.42 Å². The van der Waals surface area contributed by atoms with Crippen molar-refractivity contribution in [2.24, 2.45) is 5.41 Å². The Morgan fingerprint density at radius 3 is 2.29 bits per heavy atom. The second kappa shape index (κ2) is 5.63. The second-order valence-electron chi connectivity index (χ2n) is 4.99. The fraction of sp³-hybridized carbons (Fsp3) is 0.385. The average Bonchev–Trinajstić information content (AvgIpc) is 2.34. The summed E-state index contributed by atoms with van der Waals surface area (Å²) < 4.78 is 39.0. The number of rotatable bonds is 4. The zero-order valence-electron chi connectivity index (χ0n) is 10.9. The highest BCUT2D eigenvalue weighted by molar-refractivity contribution is 5.90. The molecule has 8 heteroatoms. The molecular formula is C13H13F3N2O3. The third-order valence-electron chi connectivity index (χ3n) is 3.61. The summed E-state index contributed by atoms with van der Waals surface area (Å²) in [5.41, 5.74) is -1.52. The number of hydrogen-bond donors (Lipinski definition) is 3. The van der Waals surface area contributed by atoms with Gasteiger partial charge in [-0.2, -0.15) is 0 Å². The molecule has 0 saturated heterocycles. The monoisotopic (exact) mass is 302 g/mol. The van der Waals surface area contributed by atoms with Crippen molar-refractivity contribution in [1.82, 2.24) is 5.32 Å². The van der Waals surface area contributed by atoms with Gasteiger partial charge in [-0.1, -0.05) is 6.42 Å². The van der Waals surface area contributed by atoms with Gasteiger partial charge < -0.3 is 15.7 Å². The van der Waals surface area contributed by atoms with E-state index in [0.29, 0.717) is 25.0 Å². The van der Waals surface area contributed by atoms with Crippen LogP contribution in [-0.2, 0) is 4.79 Å². The number of carboxylic acids is 1. The van der Waals surface area contributed by atoms with Gasteiger partial charge in [-0.15, -0.1) is 0 Å². The maximum atomic E-state index is 13.3. The smallest absolute Gasteiger partial charge is 0.319 e. The van der Waals surface area contributed by atoms with Crippen LogP contribution in [0, 0.1) is 22.9 Å². The third-order valence-corrected chi connectivity index (χ3v) is 3.61. The molecule has 3 N–H and O–H groups in total. The van der Waals surface area contributed by atoms with E-state index in [1.807, 2.05) is 5.32 Å². The van der Waals surface area contributed by atoms with Crippen LogP contribution in [-0.4, -0.2) is 23.7 Å². The zero-order valence-corrected chi connectivity index (χ0v) is 10.9. The van der Waals surface area contributed by atoms with Gasteiger partial charge in [0.2, 0.25) is 0 Å². The Hall–Kier alpha value is -2.25. The zero-order chi connectivity index (χ0) is 15.6. The number of halogens is 3. The molecule has 0 atom stereocenters. The first-order valence-electron chi connectivity index (χ1n) is 6.27. The number of nitrogens with one attached hydrogen (secondary N) is 2. The van der Waals surface area contributed by atoms with Crippen LogP contribution < -0.4 is 10.6 Å². The molecule has 5 nitrogen and oxygen atoms in total. The van der Waals surface area contributed by atoms with Crippen molar-refractivity contribution in [3.63, 3.8) is 0 Å². The molecule has 0 aliphatic heterocycles. The van der Waals surface area contributed by atoms with E-state index in [1.54, 1.807) is 0 Å². The highest BCUT2D eigenvalue weighted by Crippen LogP contribution is 2.40. The molecule has 1 aliphatic carbocycles. The van der Waals surface area contributed by atoms with Gasteiger partial charge in [-0.05, 0) is 12.8 Å². The van der Waals surface area contributed by atoms with Gasteiger partial charge in [0.15, 0.2) is 11.6 Å². The van der Waals surface area contributed by atoms with Crippen LogP contribution in [0.25, 0.3) is 0 Å². The minimum Gasteiger partial charge on any atom is -0.481 e. The SMILES string of the molecule is O=C(NCC1(C(=O)O)CCC1)Nc1cc(F)c(F)cc1F. The molecule has 2 rings (SSSR count). The summed E-state index contributed by atoms with van der Waals surface area (Å²) in [6.07, 6.45) is 1.65. The number of urea groups is 1. The van der Waals surface area contributed by atoms with E-state index < -0.39 is 40.6 Å². The van der Waals surface area contributed by atoms with Crippen LogP contribution in [0.3, 0.4) is 0 Å². The van der Waals surface area contributed by atoms with Crippen molar-refractivity contribution in [2.45, 2.75) is 19.3 Å². The quantitative estimate of drug-likeness (QED) is 0.748. The van der Waals surface area contributed by atoms with Crippen LogP contribution in [0.5, 0.6) is 0 Å². The van der Waals surface area contributed by atoms with Crippen molar-refractivity contribution in [1.29, 1.82) is 0 Å². The van der Waals surface area contributed by atoms with E-state index in [1.165, 1.54) is 0 Å². The molecule has 21 heavy (non-hydrogen) atoms. The summed E-state index contributed by atoms with van der Waals surface area (Å²) in [5, 5.41) is 13.4. The Bertz CT molecular complexity index is 588. The summed E-state index contributed by atoms with van der Waals surface area (Å²) in [5.74, 6) is -4.79. The van der Waals surface area contributed by atoms with E-state index in [4.69, 9.17) is 5.11 Å². The summed E-state index contributed by atoms with van der Waals surface area (Å²) in [6.45, 7) is -0.112. The number of carboxylic acid groups (broad SMARTS) is 1. The van der Waals surface area contributed by atoms with Gasteiger partial charge in [0.1, 0.15) is 5.82 Å². The maximum absolute atomic E-state index is 13.3. The van der Waals surface area contributed by atoms with Crippen LogP contribution in [0.1, 0.15) is 19.3 Å². The second-order valence-corrected chi connectivity index (χ2v) is 4.99. The molecule has 0 spiro atoms. The normalized spacial score (nSPS) is 16.0. The van der Waals surface area contributed by atoms with Gasteiger partial charge in [0.05, 0.1) is 11.1 Å². The summed E-state index contributed by atoms with van der Waals surface area (Å²) in [7, 11) is 0. The van der Waals surface area contributed by atoms with Crippen molar-refractivity contribution in [2.75, 3.05) is 11.9 Å². The number of carbonyl (C=O) groups excluding carboxylic acids is 1. The molecule has 0 heterocycles. The number of anilines is 1. The molecule has 0 bridgehead atoms. The highest BCUT2D eigenvalue weighted by atomic mass is 19.2. The maximum Gasteiger partial charge on any atom is 0.319 e. The van der Waals surface area contributed by atoms with Crippen LogP contribution in [0.4, 0.5) is 23.7 Å². The highest BCUT2D eigenvalue weighted by Gasteiger charge is 2.44. The predicted molar refractivity (Wildman–Crippen MR) is 67.3 cm³/mol. The molecule has 1 aliphatic rings. The Morgan fingerprint density at radius 2 is 1.76 bits per heavy atom. The topological polar surface area (TPSA) is 78.4 Å². The lowest BCUT2D eigenvalue weighted by molar-refractivity contribution is -0.153. The van der Waals surface area contributed by atoms with Crippen molar-refractivity contribution >= 4 is 17.7 Å². The summed E-state index contributed by atoms with van der Waals surface area (Å²) in [4.78, 5) is 22.7. The first-order chi connectivity index (χ1) is 9.84. The Kier molecular flexibility index (Phi) is 4.06. The fourth-order valence-corrected chi connectivity index (χ4v) is 2.10. The molecule has 0 unspecified atom stereocenters. The Labute approximate surface area is 118 Å². The lowest BCUT2D eigenvalue weighted by Gasteiger charge is -2.37. The third kappa shape index (κ3) is 3.09. The van der Waals surface area contributed by atoms with Crippen molar-refractivity contribution < 1.29 is 27.9 Å². The van der Waals surface area contributed by atoms with Crippen LogP contribution >= 0.6 is 0 Å². The molecule has 2 amide bonds. The van der Waals surface area contributed by atoms with E-state index >= 15 is 0 Å². The predicted octanol–water partition coefficient (Wildman–Crippen LogP) is 2.48. The van der Waals surface area contributed by atoms with Gasteiger partial charge in [0, 0.05) is 18.7 Å². The molecule has 1 aromatic carbocycles. The van der Waals surface area contributed by atoms with Crippen molar-refractivity contribution in [3.8, 4) is 0 Å². The van der Waals surface area contributed by atoms with Gasteiger partial charge in [-0.25, -0.2) is 18.0 Å². The Morgan fingerprint density at radius 1 is 1.14 bits per heavy atom. The van der Waals surface area contributed by atoms with Gasteiger partial charge >= 0.3 is 12.0 Å². The molecule has 1 fully saturated rings. The molecule has 114 valence electrons. The van der Waals surface area contributed by atoms with E-state index in [9.17, 15) is 22.8 Å². The largest absolute Gasteiger partial charge is 0.481 e. The molecule has 1 saturated carbocycles. The minimum atomic E-state index is -1.36. The van der Waals surface area contributed by atoms with Crippen LogP contribution in [0.2, 0.25) is 0 Å². The van der Waals surface area contributed by atoms with Gasteiger partial charge in [-0.3, -0.25) is 4.79 Å². The van der Waals surface area contributed by atoms with E-state index in [-0.39, 0.29) is 6.54 Å². The first kappa shape index (κ1) is 15.1. The minimum absolute atomic E-state index is 0.112. The first-order valence-corrected chi connectivity index (χ1v) is 6.27. The van der Waals surface area contributed by atoms with E-state index in [2.05, 4.69) is 5.32 Å². The van der Waals surface area contributed by atoms with Gasteiger partial charge in [0.25, 0.3) is 0 Å². The molecule has 1 aromatic rings. The number of hydrogen-bond acceptors (Lipinski definition) is 2. The number of benzene rings is 1.